The fraction of sp³-hybridized carbons (Fsp3) is 1.00. The normalized spacial score (nSPS) is 27.6. The van der Waals surface area contributed by atoms with Crippen LogP contribution in [-0.2, 0) is 9.47 Å². The number of nitrogens with one attached hydrogen (secondary N) is 1. The van der Waals surface area contributed by atoms with Crippen LogP contribution in [0.3, 0.4) is 0 Å². The number of hydrogen-bond donors (Lipinski definition) is 1. The Morgan fingerprint density at radius 3 is 2.65 bits per heavy atom. The van der Waals surface area contributed by atoms with E-state index in [0.717, 1.165) is 13.2 Å². The quantitative estimate of drug-likeness (QED) is 0.737. The van der Waals surface area contributed by atoms with Crippen LogP contribution in [-0.4, -0.2) is 38.0 Å². The maximum Gasteiger partial charge on any atom is 0.0830 e. The molecule has 1 N–H and O–H groups in total. The second-order valence-corrected chi connectivity index (χ2v) is 6.55. The summed E-state index contributed by atoms with van der Waals surface area (Å²) in [5.41, 5.74) is 0.0754. The van der Waals surface area contributed by atoms with E-state index in [1.54, 1.807) is 0 Å². The minimum atomic E-state index is 0.0754. The van der Waals surface area contributed by atoms with Gasteiger partial charge in [-0.05, 0) is 51.5 Å². The van der Waals surface area contributed by atoms with Gasteiger partial charge >= 0.3 is 0 Å². The topological polar surface area (TPSA) is 30.5 Å². The molecule has 2 atom stereocenters. The predicted molar refractivity (Wildman–Crippen MR) is 83.1 cm³/mol. The van der Waals surface area contributed by atoms with E-state index in [2.05, 4.69) is 12.2 Å². The molecule has 3 nitrogen and oxygen atoms in total. The lowest BCUT2D eigenvalue weighted by atomic mass is 9.77. The molecule has 2 unspecified atom stereocenters. The molecule has 1 saturated carbocycles. The highest BCUT2D eigenvalue weighted by Gasteiger charge is 2.39. The molecule has 0 spiro atoms. The molecule has 1 aliphatic carbocycles. The van der Waals surface area contributed by atoms with Crippen molar-refractivity contribution in [2.75, 3.05) is 20.3 Å². The van der Waals surface area contributed by atoms with E-state index >= 15 is 0 Å². The molecule has 118 valence electrons. The number of methoxy groups -OCH3 is 1. The standard InChI is InChI=1S/C17H33NO2/c1-3-13-18-16(10-9-15-8-7-14-20-15)17(19-2)11-5-4-6-12-17/h15-16,18H,3-14H2,1-2H3. The van der Waals surface area contributed by atoms with Gasteiger partial charge in [0.15, 0.2) is 0 Å². The van der Waals surface area contributed by atoms with Gasteiger partial charge in [0.2, 0.25) is 0 Å². The van der Waals surface area contributed by atoms with Crippen molar-refractivity contribution in [3.8, 4) is 0 Å². The van der Waals surface area contributed by atoms with E-state index in [0.29, 0.717) is 12.1 Å². The molecule has 0 bridgehead atoms. The van der Waals surface area contributed by atoms with E-state index < -0.39 is 0 Å². The molecule has 2 aliphatic rings. The molecule has 0 amide bonds. The van der Waals surface area contributed by atoms with E-state index in [-0.39, 0.29) is 5.60 Å². The molecule has 20 heavy (non-hydrogen) atoms. The van der Waals surface area contributed by atoms with Crippen LogP contribution in [0.2, 0.25) is 0 Å². The molecule has 0 radical (unpaired) electrons. The van der Waals surface area contributed by atoms with Crippen LogP contribution in [0.25, 0.3) is 0 Å². The van der Waals surface area contributed by atoms with Crippen molar-refractivity contribution in [1.29, 1.82) is 0 Å². The molecule has 3 heteroatoms. The highest BCUT2D eigenvalue weighted by atomic mass is 16.5. The van der Waals surface area contributed by atoms with Gasteiger partial charge in [-0.15, -0.1) is 0 Å². The molecule has 1 saturated heterocycles. The second-order valence-electron chi connectivity index (χ2n) is 6.55. The lowest BCUT2D eigenvalue weighted by Gasteiger charge is -2.43. The van der Waals surface area contributed by atoms with Gasteiger partial charge in [-0.1, -0.05) is 26.2 Å². The fourth-order valence-electron chi connectivity index (χ4n) is 3.94. The summed E-state index contributed by atoms with van der Waals surface area (Å²) in [6, 6.07) is 0.497. The van der Waals surface area contributed by atoms with Crippen LogP contribution in [0.15, 0.2) is 0 Å². The highest BCUT2D eigenvalue weighted by molar-refractivity contribution is 4.95. The summed E-state index contributed by atoms with van der Waals surface area (Å²) in [4.78, 5) is 0. The number of rotatable bonds is 8. The van der Waals surface area contributed by atoms with Crippen molar-refractivity contribution in [1.82, 2.24) is 5.32 Å². The van der Waals surface area contributed by atoms with Gasteiger partial charge in [0.1, 0.15) is 0 Å². The van der Waals surface area contributed by atoms with Gasteiger partial charge in [-0.25, -0.2) is 0 Å². The largest absolute Gasteiger partial charge is 0.378 e. The molecule has 0 aromatic rings. The van der Waals surface area contributed by atoms with E-state index in [9.17, 15) is 0 Å². The van der Waals surface area contributed by atoms with E-state index in [1.165, 1.54) is 64.2 Å². The monoisotopic (exact) mass is 283 g/mol. The lowest BCUT2D eigenvalue weighted by molar-refractivity contribution is -0.0716. The Kier molecular flexibility index (Phi) is 6.79. The Balaban J connectivity index is 1.92. The van der Waals surface area contributed by atoms with Crippen LogP contribution >= 0.6 is 0 Å². The van der Waals surface area contributed by atoms with Gasteiger partial charge in [-0.2, -0.15) is 0 Å². The Morgan fingerprint density at radius 2 is 2.05 bits per heavy atom. The molecule has 0 aromatic carbocycles. The zero-order valence-electron chi connectivity index (χ0n) is 13.5. The average molecular weight is 283 g/mol. The average Bonchev–Trinajstić information content (AvgIpc) is 3.01. The highest BCUT2D eigenvalue weighted by Crippen LogP contribution is 2.36. The van der Waals surface area contributed by atoms with Crippen molar-refractivity contribution in [3.63, 3.8) is 0 Å². The second kappa shape index (κ2) is 8.35. The number of hydrogen-bond acceptors (Lipinski definition) is 3. The molecule has 1 aliphatic heterocycles. The smallest absolute Gasteiger partial charge is 0.0830 e. The Bertz CT molecular complexity index is 258. The fourth-order valence-corrected chi connectivity index (χ4v) is 3.94. The van der Waals surface area contributed by atoms with Gasteiger partial charge in [0.05, 0.1) is 11.7 Å². The van der Waals surface area contributed by atoms with E-state index in [1.807, 2.05) is 7.11 Å². The first-order valence-electron chi connectivity index (χ1n) is 8.71. The van der Waals surface area contributed by atoms with Crippen LogP contribution in [0, 0.1) is 0 Å². The van der Waals surface area contributed by atoms with Gasteiger partial charge in [-0.3, -0.25) is 0 Å². The molecule has 0 aromatic heterocycles. The first-order valence-corrected chi connectivity index (χ1v) is 8.71. The van der Waals surface area contributed by atoms with Crippen LogP contribution in [0.1, 0.15) is 71.1 Å². The van der Waals surface area contributed by atoms with Crippen LogP contribution in [0.5, 0.6) is 0 Å². The van der Waals surface area contributed by atoms with Crippen molar-refractivity contribution in [2.45, 2.75) is 88.9 Å². The van der Waals surface area contributed by atoms with Crippen molar-refractivity contribution >= 4 is 0 Å². The summed E-state index contributed by atoms with van der Waals surface area (Å²) < 4.78 is 11.8. The van der Waals surface area contributed by atoms with Crippen LogP contribution in [0.4, 0.5) is 0 Å². The van der Waals surface area contributed by atoms with Gasteiger partial charge in [0, 0.05) is 19.8 Å². The molecule has 1 heterocycles. The molecule has 2 fully saturated rings. The molecular formula is C17H33NO2. The summed E-state index contributed by atoms with van der Waals surface area (Å²) in [7, 11) is 1.91. The third kappa shape index (κ3) is 4.19. The van der Waals surface area contributed by atoms with Gasteiger partial charge in [0.25, 0.3) is 0 Å². The zero-order valence-corrected chi connectivity index (χ0v) is 13.5. The minimum Gasteiger partial charge on any atom is -0.378 e. The minimum absolute atomic E-state index is 0.0754. The summed E-state index contributed by atoms with van der Waals surface area (Å²) in [5.74, 6) is 0. The molecule has 2 rings (SSSR count). The number of ether oxygens (including phenoxy) is 2. The SMILES string of the molecule is CCCNC(CCC1CCCO1)C1(OC)CCCCC1. The summed E-state index contributed by atoms with van der Waals surface area (Å²) in [5, 5.41) is 3.77. The first-order chi connectivity index (χ1) is 9.80. The molecular weight excluding hydrogens is 250 g/mol. The van der Waals surface area contributed by atoms with E-state index in [4.69, 9.17) is 9.47 Å². The predicted octanol–water partition coefficient (Wildman–Crippen LogP) is 3.66. The van der Waals surface area contributed by atoms with Crippen molar-refractivity contribution in [2.24, 2.45) is 0 Å². The van der Waals surface area contributed by atoms with Crippen molar-refractivity contribution in [3.05, 3.63) is 0 Å². The third-order valence-electron chi connectivity index (χ3n) is 5.18. The Hall–Kier alpha value is -0.120. The summed E-state index contributed by atoms with van der Waals surface area (Å²) in [6.45, 7) is 4.30. The maximum atomic E-state index is 6.05. The summed E-state index contributed by atoms with van der Waals surface area (Å²) >= 11 is 0. The zero-order chi connectivity index (χ0) is 14.3. The Morgan fingerprint density at radius 1 is 1.25 bits per heavy atom. The van der Waals surface area contributed by atoms with Gasteiger partial charge < -0.3 is 14.8 Å². The Labute approximate surface area is 124 Å². The maximum absolute atomic E-state index is 6.05. The lowest BCUT2D eigenvalue weighted by Crippen LogP contribution is -2.53. The van der Waals surface area contributed by atoms with Crippen LogP contribution < -0.4 is 5.32 Å². The third-order valence-corrected chi connectivity index (χ3v) is 5.18. The summed E-state index contributed by atoms with van der Waals surface area (Å²) in [6.07, 6.45) is 13.0. The first kappa shape index (κ1) is 16.3. The van der Waals surface area contributed by atoms with Crippen molar-refractivity contribution < 1.29 is 9.47 Å².